The second-order valence-electron chi connectivity index (χ2n) is 6.42. The first-order valence-electron chi connectivity index (χ1n) is 8.60. The first-order valence-corrected chi connectivity index (χ1v) is 8.60. The van der Waals surface area contributed by atoms with Gasteiger partial charge in [-0.1, -0.05) is 6.07 Å². The summed E-state index contributed by atoms with van der Waals surface area (Å²) in [5.74, 6) is 1.52. The Hall–Kier alpha value is -2.83. The summed E-state index contributed by atoms with van der Waals surface area (Å²) in [5, 5.41) is 10.9. The van der Waals surface area contributed by atoms with Crippen LogP contribution in [0.3, 0.4) is 0 Å². The van der Waals surface area contributed by atoms with Crippen LogP contribution in [0.5, 0.6) is 5.75 Å². The van der Waals surface area contributed by atoms with Gasteiger partial charge in [-0.15, -0.1) is 0 Å². The van der Waals surface area contributed by atoms with Gasteiger partial charge in [-0.05, 0) is 43.9 Å². The number of carbonyl (C=O) groups is 1. The molecule has 0 bridgehead atoms. The Morgan fingerprint density at radius 3 is 2.96 bits per heavy atom. The first-order chi connectivity index (χ1) is 12.2. The van der Waals surface area contributed by atoms with Gasteiger partial charge in [-0.3, -0.25) is 9.89 Å². The normalized spacial score (nSPS) is 15.7. The van der Waals surface area contributed by atoms with E-state index in [9.17, 15) is 4.79 Å². The number of H-pyrrole nitrogens is 2. The molecule has 0 radical (unpaired) electrons. The first kappa shape index (κ1) is 15.7. The summed E-state index contributed by atoms with van der Waals surface area (Å²) in [7, 11) is 0. The third kappa shape index (κ3) is 2.75. The zero-order valence-electron chi connectivity index (χ0n) is 14.1. The van der Waals surface area contributed by atoms with Crippen molar-refractivity contribution in [2.75, 3.05) is 6.61 Å². The zero-order valence-corrected chi connectivity index (χ0v) is 14.1. The van der Waals surface area contributed by atoms with E-state index in [0.29, 0.717) is 13.0 Å². The number of carbonyl (C=O) groups excluding carboxylic acids is 1. The average Bonchev–Trinajstić information content (AvgIpc) is 3.22. The molecule has 1 aliphatic carbocycles. The van der Waals surface area contributed by atoms with E-state index in [4.69, 9.17) is 4.74 Å². The minimum Gasteiger partial charge on any atom is -0.493 e. The molecule has 4 rings (SSSR count). The molecular formula is C18H21N5O2. The number of aromatic amines is 2. The quantitative estimate of drug-likeness (QED) is 0.643. The highest BCUT2D eigenvalue weighted by molar-refractivity contribution is 5.93. The Bertz CT molecular complexity index is 880. The Balaban J connectivity index is 1.56. The average molecular weight is 339 g/mol. The number of nitrogens with zero attached hydrogens (tertiary/aromatic N) is 2. The fraction of sp³-hybridized carbons (Fsp3) is 0.389. The van der Waals surface area contributed by atoms with Crippen LogP contribution in [0.4, 0.5) is 0 Å². The van der Waals surface area contributed by atoms with Crippen molar-refractivity contribution < 1.29 is 9.53 Å². The van der Waals surface area contributed by atoms with Gasteiger partial charge in [0.1, 0.15) is 17.9 Å². The van der Waals surface area contributed by atoms with Crippen molar-refractivity contribution in [2.24, 2.45) is 0 Å². The molecule has 1 aliphatic rings. The van der Waals surface area contributed by atoms with E-state index in [2.05, 4.69) is 25.5 Å². The van der Waals surface area contributed by atoms with Gasteiger partial charge in [0.15, 0.2) is 0 Å². The van der Waals surface area contributed by atoms with Gasteiger partial charge in [0.2, 0.25) is 5.91 Å². The Kier molecular flexibility index (Phi) is 3.91. The minimum atomic E-state index is -0.400. The van der Waals surface area contributed by atoms with Gasteiger partial charge < -0.3 is 15.0 Å². The number of amides is 1. The summed E-state index contributed by atoms with van der Waals surface area (Å²) in [4.78, 5) is 20.2. The standard InChI is InChI=1S/C18H21N5O2/c1-2-25-14-6-3-5-13-16(14)12(10-19-13)9-15(24)22-18(7-4-8-18)17-20-11-21-23-17/h3,5-6,10-11,19H,2,4,7-9H2,1H3,(H,22,24)(H,20,21,23). The van der Waals surface area contributed by atoms with Gasteiger partial charge in [0.25, 0.3) is 0 Å². The highest BCUT2D eigenvalue weighted by atomic mass is 16.5. The molecule has 1 saturated carbocycles. The van der Waals surface area contributed by atoms with Crippen molar-refractivity contribution in [3.63, 3.8) is 0 Å². The lowest BCUT2D eigenvalue weighted by Crippen LogP contribution is -2.52. The van der Waals surface area contributed by atoms with E-state index in [0.717, 1.165) is 47.3 Å². The third-order valence-electron chi connectivity index (χ3n) is 4.85. The van der Waals surface area contributed by atoms with Crippen LogP contribution in [0.2, 0.25) is 0 Å². The summed E-state index contributed by atoms with van der Waals surface area (Å²) in [5.41, 5.74) is 1.51. The Morgan fingerprint density at radius 1 is 1.40 bits per heavy atom. The monoisotopic (exact) mass is 339 g/mol. The summed E-state index contributed by atoms with van der Waals surface area (Å²) in [6.07, 6.45) is 6.49. The lowest BCUT2D eigenvalue weighted by molar-refractivity contribution is -0.123. The number of ether oxygens (including phenoxy) is 1. The fourth-order valence-electron chi connectivity index (χ4n) is 3.51. The van der Waals surface area contributed by atoms with E-state index >= 15 is 0 Å². The van der Waals surface area contributed by atoms with Crippen LogP contribution in [0.1, 0.15) is 37.6 Å². The topological polar surface area (TPSA) is 95.7 Å². The second-order valence-corrected chi connectivity index (χ2v) is 6.42. The van der Waals surface area contributed by atoms with Crippen LogP contribution in [0, 0.1) is 0 Å². The zero-order chi connectivity index (χ0) is 17.3. The van der Waals surface area contributed by atoms with E-state index in [-0.39, 0.29) is 5.91 Å². The largest absolute Gasteiger partial charge is 0.493 e. The van der Waals surface area contributed by atoms with Crippen LogP contribution in [0.15, 0.2) is 30.7 Å². The molecule has 25 heavy (non-hydrogen) atoms. The summed E-state index contributed by atoms with van der Waals surface area (Å²) < 4.78 is 5.72. The maximum absolute atomic E-state index is 12.7. The number of rotatable bonds is 6. The predicted molar refractivity (Wildman–Crippen MR) is 93.2 cm³/mol. The smallest absolute Gasteiger partial charge is 0.225 e. The minimum absolute atomic E-state index is 0.0247. The fourth-order valence-corrected chi connectivity index (χ4v) is 3.51. The van der Waals surface area contributed by atoms with E-state index in [1.54, 1.807) is 0 Å². The second kappa shape index (κ2) is 6.23. The maximum atomic E-state index is 12.7. The molecule has 0 unspecified atom stereocenters. The number of nitrogens with one attached hydrogen (secondary N) is 3. The van der Waals surface area contributed by atoms with Crippen LogP contribution < -0.4 is 10.1 Å². The number of hydrogen-bond acceptors (Lipinski definition) is 4. The lowest BCUT2D eigenvalue weighted by Gasteiger charge is -2.40. The van der Waals surface area contributed by atoms with Gasteiger partial charge >= 0.3 is 0 Å². The highest BCUT2D eigenvalue weighted by Crippen LogP contribution is 2.39. The number of benzene rings is 1. The molecule has 0 saturated heterocycles. The van der Waals surface area contributed by atoms with Gasteiger partial charge in [-0.2, -0.15) is 5.10 Å². The van der Waals surface area contributed by atoms with E-state index in [1.165, 1.54) is 6.33 Å². The molecule has 0 aliphatic heterocycles. The molecular weight excluding hydrogens is 318 g/mol. The van der Waals surface area contributed by atoms with Crippen LogP contribution in [-0.2, 0) is 16.8 Å². The Labute approximate surface area is 145 Å². The number of hydrogen-bond donors (Lipinski definition) is 3. The van der Waals surface area contributed by atoms with E-state index < -0.39 is 5.54 Å². The van der Waals surface area contributed by atoms with Crippen LogP contribution in [-0.4, -0.2) is 32.7 Å². The van der Waals surface area contributed by atoms with Gasteiger partial charge in [0, 0.05) is 17.1 Å². The molecule has 2 aromatic heterocycles. The number of fused-ring (bicyclic) bond motifs is 1. The SMILES string of the molecule is CCOc1cccc2[nH]cc(CC(=O)NC3(c4ncn[nH]4)CCC3)c12. The summed E-state index contributed by atoms with van der Waals surface area (Å²) in [6.45, 7) is 2.54. The molecule has 7 nitrogen and oxygen atoms in total. The Morgan fingerprint density at radius 2 is 2.28 bits per heavy atom. The summed E-state index contributed by atoms with van der Waals surface area (Å²) >= 11 is 0. The van der Waals surface area contributed by atoms with E-state index in [1.807, 2.05) is 31.3 Å². The third-order valence-corrected chi connectivity index (χ3v) is 4.85. The van der Waals surface area contributed by atoms with Gasteiger partial charge in [-0.25, -0.2) is 4.98 Å². The molecule has 2 heterocycles. The van der Waals surface area contributed by atoms with Crippen molar-refractivity contribution in [3.05, 3.63) is 42.1 Å². The predicted octanol–water partition coefficient (Wildman–Crippen LogP) is 2.42. The van der Waals surface area contributed by atoms with Gasteiger partial charge in [0.05, 0.1) is 18.6 Å². The van der Waals surface area contributed by atoms with Crippen molar-refractivity contribution in [1.82, 2.24) is 25.5 Å². The molecule has 1 fully saturated rings. The molecule has 1 amide bonds. The highest BCUT2D eigenvalue weighted by Gasteiger charge is 2.42. The van der Waals surface area contributed by atoms with Crippen molar-refractivity contribution in [3.8, 4) is 5.75 Å². The van der Waals surface area contributed by atoms with Crippen LogP contribution >= 0.6 is 0 Å². The maximum Gasteiger partial charge on any atom is 0.225 e. The molecule has 0 spiro atoms. The molecule has 0 atom stereocenters. The van der Waals surface area contributed by atoms with Crippen molar-refractivity contribution in [2.45, 2.75) is 38.1 Å². The molecule has 3 N–H and O–H groups in total. The molecule has 7 heteroatoms. The van der Waals surface area contributed by atoms with Crippen LogP contribution in [0.25, 0.3) is 10.9 Å². The van der Waals surface area contributed by atoms with Crippen molar-refractivity contribution >= 4 is 16.8 Å². The van der Waals surface area contributed by atoms with Crippen molar-refractivity contribution in [1.29, 1.82) is 0 Å². The lowest BCUT2D eigenvalue weighted by atomic mass is 9.76. The summed E-state index contributed by atoms with van der Waals surface area (Å²) in [6, 6.07) is 5.87. The molecule has 130 valence electrons. The molecule has 3 aromatic rings. The number of aromatic nitrogens is 4. The molecule has 1 aromatic carbocycles.